The maximum absolute atomic E-state index is 13.6. The summed E-state index contributed by atoms with van der Waals surface area (Å²) < 4.78 is 26.2. The number of hydrogen-bond donors (Lipinski definition) is 1. The Labute approximate surface area is 237 Å². The summed E-state index contributed by atoms with van der Waals surface area (Å²) in [7, 11) is -3.76. The van der Waals surface area contributed by atoms with Gasteiger partial charge in [-0.3, -0.25) is 14.5 Å². The number of rotatable bonds is 8. The van der Waals surface area contributed by atoms with Gasteiger partial charge >= 0.3 is 0 Å². The maximum Gasteiger partial charge on any atom is 0.276 e. The zero-order valence-electron chi connectivity index (χ0n) is 21.6. The molecule has 3 aromatic rings. The lowest BCUT2D eigenvalue weighted by Gasteiger charge is -2.36. The van der Waals surface area contributed by atoms with Gasteiger partial charge in [0, 0.05) is 61.8 Å². The highest BCUT2D eigenvalue weighted by Crippen LogP contribution is 2.27. The SMILES string of the molecule is NS(=O)(=O)N1CCN([C@H]2C[C@@H](C(=O)Cc3ccccc3)N(C(=O)/C=C/c3cc(Cl)ccc3-n3cnnn3)C2)CC1. The molecule has 0 bridgehead atoms. The van der Waals surface area contributed by atoms with Gasteiger partial charge in [0.05, 0.1) is 11.7 Å². The number of aromatic nitrogens is 4. The molecule has 2 aromatic carbocycles. The fourth-order valence-corrected chi connectivity index (χ4v) is 6.11. The highest BCUT2D eigenvalue weighted by molar-refractivity contribution is 7.86. The summed E-state index contributed by atoms with van der Waals surface area (Å²) in [5.41, 5.74) is 2.16. The molecule has 0 spiro atoms. The number of benzene rings is 2. The van der Waals surface area contributed by atoms with Gasteiger partial charge in [-0.15, -0.1) is 5.10 Å². The number of hydrogen-bond acceptors (Lipinski definition) is 8. The van der Waals surface area contributed by atoms with Crippen molar-refractivity contribution in [2.45, 2.75) is 24.9 Å². The Kier molecular flexibility index (Phi) is 8.38. The number of likely N-dealkylation sites (tertiary alicyclic amines) is 1. The van der Waals surface area contributed by atoms with E-state index in [0.29, 0.717) is 42.3 Å². The third-order valence-corrected chi connectivity index (χ3v) is 8.62. The van der Waals surface area contributed by atoms with Crippen LogP contribution in [0.15, 0.2) is 60.9 Å². The van der Waals surface area contributed by atoms with Gasteiger partial charge < -0.3 is 4.90 Å². The van der Waals surface area contributed by atoms with Crippen molar-refractivity contribution in [3.05, 3.63) is 77.1 Å². The number of Topliss-reactive ketones (excluding diaryl/α,β-unsaturated/α-hetero) is 1. The molecule has 2 fully saturated rings. The van der Waals surface area contributed by atoms with Crippen molar-refractivity contribution < 1.29 is 18.0 Å². The van der Waals surface area contributed by atoms with E-state index in [9.17, 15) is 18.0 Å². The van der Waals surface area contributed by atoms with Gasteiger partial charge in [0.25, 0.3) is 10.2 Å². The minimum absolute atomic E-state index is 0.0456. The van der Waals surface area contributed by atoms with Crippen LogP contribution in [0.5, 0.6) is 0 Å². The van der Waals surface area contributed by atoms with E-state index in [-0.39, 0.29) is 37.2 Å². The molecule has 0 saturated carbocycles. The Morgan fingerprint density at radius 3 is 2.50 bits per heavy atom. The average molecular weight is 585 g/mol. The maximum atomic E-state index is 13.6. The van der Waals surface area contributed by atoms with E-state index in [0.717, 1.165) is 5.56 Å². The predicted octanol–water partition coefficient (Wildman–Crippen LogP) is 0.931. The van der Waals surface area contributed by atoms with Crippen LogP contribution in [-0.4, -0.2) is 99.2 Å². The first kappa shape index (κ1) is 28.1. The molecule has 2 N–H and O–H groups in total. The molecule has 1 amide bonds. The van der Waals surface area contributed by atoms with Crippen molar-refractivity contribution in [3.63, 3.8) is 0 Å². The number of halogens is 1. The molecule has 2 atom stereocenters. The van der Waals surface area contributed by atoms with Crippen LogP contribution in [0.3, 0.4) is 0 Å². The second-order valence-electron chi connectivity index (χ2n) is 9.80. The van der Waals surface area contributed by atoms with E-state index in [1.807, 2.05) is 30.3 Å². The highest BCUT2D eigenvalue weighted by atomic mass is 35.5. The van der Waals surface area contributed by atoms with Crippen LogP contribution < -0.4 is 5.14 Å². The van der Waals surface area contributed by atoms with Gasteiger partial charge in [-0.1, -0.05) is 41.9 Å². The smallest absolute Gasteiger partial charge is 0.276 e. The van der Waals surface area contributed by atoms with Gasteiger partial charge in [0.15, 0.2) is 5.78 Å². The standard InChI is InChI=1S/C26H29ClN8O4S/c27-21-7-8-23(35-18-29-30-31-35)20(15-21)6-9-26(37)34-17-22(32-10-12-33(13-11-32)40(28,38)39)16-24(34)25(36)14-19-4-2-1-3-5-19/h1-9,15,18,22,24H,10-14,16-17H2,(H2,28,38,39)/b9-6+/t22-,24-/m0/s1. The topological polar surface area (TPSA) is 148 Å². The second-order valence-corrected chi connectivity index (χ2v) is 11.8. The first-order valence-electron chi connectivity index (χ1n) is 12.8. The van der Waals surface area contributed by atoms with Crippen molar-refractivity contribution in [3.8, 4) is 5.69 Å². The minimum Gasteiger partial charge on any atom is -0.327 e. The quantitative estimate of drug-likeness (QED) is 0.385. The van der Waals surface area contributed by atoms with Crippen molar-refractivity contribution in [1.29, 1.82) is 0 Å². The number of tetrazole rings is 1. The van der Waals surface area contributed by atoms with E-state index < -0.39 is 16.3 Å². The van der Waals surface area contributed by atoms with Gasteiger partial charge in [0.2, 0.25) is 5.91 Å². The van der Waals surface area contributed by atoms with Crippen LogP contribution in [0.2, 0.25) is 5.02 Å². The van der Waals surface area contributed by atoms with Crippen LogP contribution in [0.4, 0.5) is 0 Å². The number of piperazine rings is 1. The lowest BCUT2D eigenvalue weighted by atomic mass is 10.0. The zero-order valence-corrected chi connectivity index (χ0v) is 23.2. The van der Waals surface area contributed by atoms with E-state index >= 15 is 0 Å². The molecular formula is C26H29ClN8O4S. The molecule has 0 aliphatic carbocycles. The predicted molar refractivity (Wildman–Crippen MR) is 149 cm³/mol. The number of carbonyl (C=O) groups is 2. The van der Waals surface area contributed by atoms with Crippen molar-refractivity contribution in [2.75, 3.05) is 32.7 Å². The molecule has 5 rings (SSSR count). The number of nitrogens with two attached hydrogens (primary N) is 1. The summed E-state index contributed by atoms with van der Waals surface area (Å²) in [6, 6.07) is 13.9. The molecule has 2 aliphatic heterocycles. The first-order chi connectivity index (χ1) is 19.2. The molecule has 0 unspecified atom stereocenters. The Morgan fingerprint density at radius 2 is 1.82 bits per heavy atom. The summed E-state index contributed by atoms with van der Waals surface area (Å²) in [6.07, 6.45) is 5.20. The second kappa shape index (κ2) is 11.9. The Hall–Kier alpha value is -3.49. The monoisotopic (exact) mass is 584 g/mol. The number of ketones is 1. The molecule has 2 aliphatic rings. The molecule has 210 valence electrons. The first-order valence-corrected chi connectivity index (χ1v) is 14.7. The Morgan fingerprint density at radius 1 is 1.07 bits per heavy atom. The lowest BCUT2D eigenvalue weighted by molar-refractivity contribution is -0.133. The van der Waals surface area contributed by atoms with Crippen molar-refractivity contribution in [1.82, 2.24) is 34.3 Å². The van der Waals surface area contributed by atoms with Gasteiger partial charge in [-0.25, -0.2) is 5.14 Å². The molecule has 40 heavy (non-hydrogen) atoms. The van der Waals surface area contributed by atoms with E-state index in [1.54, 1.807) is 29.2 Å². The molecule has 0 radical (unpaired) electrons. The summed E-state index contributed by atoms with van der Waals surface area (Å²) in [4.78, 5) is 30.8. The van der Waals surface area contributed by atoms with Crippen LogP contribution in [0.1, 0.15) is 17.5 Å². The number of nitrogens with zero attached hydrogens (tertiary/aromatic N) is 7. The molecule has 3 heterocycles. The van der Waals surface area contributed by atoms with Crippen LogP contribution in [0, 0.1) is 0 Å². The fraction of sp³-hybridized carbons (Fsp3) is 0.346. The van der Waals surface area contributed by atoms with Gasteiger partial charge in [-0.05, 0) is 46.7 Å². The van der Waals surface area contributed by atoms with E-state index in [1.165, 1.54) is 21.4 Å². The summed E-state index contributed by atoms with van der Waals surface area (Å²) in [5, 5.41) is 17.0. The molecule has 12 nitrogen and oxygen atoms in total. The molecular weight excluding hydrogens is 556 g/mol. The Bertz CT molecular complexity index is 1490. The molecule has 2 saturated heterocycles. The lowest BCUT2D eigenvalue weighted by Crippen LogP contribution is -2.53. The Balaban J connectivity index is 1.36. The highest BCUT2D eigenvalue weighted by Gasteiger charge is 2.41. The van der Waals surface area contributed by atoms with E-state index in [2.05, 4.69) is 20.4 Å². The largest absolute Gasteiger partial charge is 0.327 e. The van der Waals surface area contributed by atoms with E-state index in [4.69, 9.17) is 16.7 Å². The van der Waals surface area contributed by atoms with Gasteiger partial charge in [0.1, 0.15) is 6.33 Å². The van der Waals surface area contributed by atoms with Crippen molar-refractivity contribution in [2.24, 2.45) is 5.14 Å². The average Bonchev–Trinajstić information content (AvgIpc) is 3.63. The summed E-state index contributed by atoms with van der Waals surface area (Å²) in [5.74, 6) is -0.351. The molecule has 14 heteroatoms. The third-order valence-electron chi connectivity index (χ3n) is 7.30. The van der Waals surface area contributed by atoms with Crippen LogP contribution in [-0.2, 0) is 26.2 Å². The summed E-state index contributed by atoms with van der Waals surface area (Å²) in [6.45, 7) is 1.81. The van der Waals surface area contributed by atoms with Crippen LogP contribution >= 0.6 is 11.6 Å². The zero-order chi connectivity index (χ0) is 28.3. The number of carbonyl (C=O) groups excluding carboxylic acids is 2. The number of amides is 1. The van der Waals surface area contributed by atoms with Gasteiger partial charge in [-0.2, -0.15) is 17.4 Å². The normalized spacial score (nSPS) is 20.8. The van der Waals surface area contributed by atoms with Crippen LogP contribution in [0.25, 0.3) is 11.8 Å². The van der Waals surface area contributed by atoms with Crippen molar-refractivity contribution >= 4 is 39.6 Å². The minimum atomic E-state index is -3.76. The third kappa shape index (κ3) is 6.45. The molecule has 1 aromatic heterocycles. The summed E-state index contributed by atoms with van der Waals surface area (Å²) >= 11 is 6.22. The fourth-order valence-electron chi connectivity index (χ4n) is 5.26.